The van der Waals surface area contributed by atoms with Gasteiger partial charge in [-0.2, -0.15) is 0 Å². The summed E-state index contributed by atoms with van der Waals surface area (Å²) in [6, 6.07) is 19.8. The number of rotatable bonds is 5. The molecule has 1 aliphatic rings. The molecule has 3 aromatic rings. The minimum Gasteiger partial charge on any atom is -0.506 e. The van der Waals surface area contributed by atoms with Crippen molar-refractivity contribution in [2.24, 2.45) is 0 Å². The Hall–Kier alpha value is -3.77. The van der Waals surface area contributed by atoms with Crippen LogP contribution in [0.15, 0.2) is 78.4 Å². The summed E-state index contributed by atoms with van der Waals surface area (Å²) in [7, 11) is 2.90. The summed E-state index contributed by atoms with van der Waals surface area (Å²) in [6.45, 7) is 0. The van der Waals surface area contributed by atoms with Crippen molar-refractivity contribution in [3.8, 4) is 11.5 Å². The maximum absolute atomic E-state index is 13.2. The van der Waals surface area contributed by atoms with E-state index in [1.807, 2.05) is 6.07 Å². The van der Waals surface area contributed by atoms with Gasteiger partial charge in [0.05, 0.1) is 25.8 Å². The minimum absolute atomic E-state index is 0.0565. The Kier molecular flexibility index (Phi) is 5.88. The first kappa shape index (κ1) is 21.5. The zero-order chi connectivity index (χ0) is 22.8. The maximum atomic E-state index is 13.2. The summed E-state index contributed by atoms with van der Waals surface area (Å²) in [6.07, 6.45) is 0. The van der Waals surface area contributed by atoms with Gasteiger partial charge in [0.2, 0.25) is 0 Å². The number of hydrogen-bond acceptors (Lipinski definition) is 5. The van der Waals surface area contributed by atoms with Crippen LogP contribution in [0.25, 0.3) is 5.76 Å². The molecule has 0 radical (unpaired) electrons. The fraction of sp³-hybridized carbons (Fsp3) is 0.120. The van der Waals surface area contributed by atoms with Gasteiger partial charge in [-0.3, -0.25) is 14.5 Å². The van der Waals surface area contributed by atoms with E-state index in [1.54, 1.807) is 66.7 Å². The monoisotopic (exact) mass is 449 g/mol. The summed E-state index contributed by atoms with van der Waals surface area (Å²) in [5, 5.41) is 11.9. The fourth-order valence-electron chi connectivity index (χ4n) is 3.87. The summed E-state index contributed by atoms with van der Waals surface area (Å²) >= 11 is 6.02. The van der Waals surface area contributed by atoms with Crippen molar-refractivity contribution >= 4 is 34.7 Å². The van der Waals surface area contributed by atoms with Crippen LogP contribution in [0.1, 0.15) is 17.2 Å². The van der Waals surface area contributed by atoms with Gasteiger partial charge >= 0.3 is 0 Å². The molecule has 7 heteroatoms. The number of aliphatic hydroxyl groups is 1. The molecule has 0 bridgehead atoms. The number of nitrogens with zero attached hydrogens (tertiary/aromatic N) is 1. The molecule has 3 aromatic carbocycles. The molecule has 4 rings (SSSR count). The number of anilines is 1. The third-order valence-corrected chi connectivity index (χ3v) is 5.58. The number of methoxy groups -OCH3 is 2. The van der Waals surface area contributed by atoms with Gasteiger partial charge < -0.3 is 14.6 Å². The molecule has 1 saturated heterocycles. The lowest BCUT2D eigenvalue weighted by Crippen LogP contribution is -2.29. The van der Waals surface area contributed by atoms with Gasteiger partial charge in [0.1, 0.15) is 22.8 Å². The van der Waals surface area contributed by atoms with Crippen molar-refractivity contribution in [3.63, 3.8) is 0 Å². The van der Waals surface area contributed by atoms with E-state index in [9.17, 15) is 14.7 Å². The predicted octanol–water partition coefficient (Wildman–Crippen LogP) is 4.98. The van der Waals surface area contributed by atoms with Crippen molar-refractivity contribution < 1.29 is 24.2 Å². The Labute approximate surface area is 190 Å². The van der Waals surface area contributed by atoms with Gasteiger partial charge in [0.25, 0.3) is 11.7 Å². The highest BCUT2D eigenvalue weighted by Crippen LogP contribution is 2.45. The molecule has 162 valence electrons. The molecule has 1 atom stereocenters. The SMILES string of the molecule is COc1cccc(OC)c1/C(O)=C1\C(=O)C(=O)N(c2ccc(Cl)cc2)C1c1ccccc1. The number of halogens is 1. The van der Waals surface area contributed by atoms with Crippen molar-refractivity contribution in [2.75, 3.05) is 19.1 Å². The lowest BCUT2D eigenvalue weighted by molar-refractivity contribution is -0.132. The average molecular weight is 450 g/mol. The van der Waals surface area contributed by atoms with E-state index < -0.39 is 17.7 Å². The first-order chi connectivity index (χ1) is 15.5. The van der Waals surface area contributed by atoms with Crippen LogP contribution in [0, 0.1) is 0 Å². The number of aliphatic hydroxyl groups excluding tert-OH is 1. The van der Waals surface area contributed by atoms with Crippen LogP contribution in [-0.2, 0) is 9.59 Å². The Morgan fingerprint density at radius 1 is 0.875 bits per heavy atom. The number of ketones is 1. The fourth-order valence-corrected chi connectivity index (χ4v) is 4.00. The van der Waals surface area contributed by atoms with Crippen LogP contribution in [0.3, 0.4) is 0 Å². The van der Waals surface area contributed by atoms with Crippen LogP contribution in [0.2, 0.25) is 5.02 Å². The smallest absolute Gasteiger partial charge is 0.300 e. The molecular formula is C25H20ClNO5. The van der Waals surface area contributed by atoms with Crippen molar-refractivity contribution in [3.05, 3.63) is 94.5 Å². The number of benzene rings is 3. The molecule has 0 saturated carbocycles. The Bertz CT molecular complexity index is 1180. The normalized spacial score (nSPS) is 17.5. The van der Waals surface area contributed by atoms with E-state index in [2.05, 4.69) is 0 Å². The highest BCUT2D eigenvalue weighted by molar-refractivity contribution is 6.51. The predicted molar refractivity (Wildman–Crippen MR) is 122 cm³/mol. The van der Waals surface area contributed by atoms with Gasteiger partial charge in [-0.1, -0.05) is 48.0 Å². The largest absolute Gasteiger partial charge is 0.506 e. The summed E-state index contributed by atoms with van der Waals surface area (Å²) in [5.74, 6) is -1.31. The molecule has 0 spiro atoms. The second-order valence-corrected chi connectivity index (χ2v) is 7.53. The number of amides is 1. The van der Waals surface area contributed by atoms with Crippen LogP contribution in [0.4, 0.5) is 5.69 Å². The van der Waals surface area contributed by atoms with Gasteiger partial charge in [-0.05, 0) is 42.0 Å². The standard InChI is InChI=1S/C25H20ClNO5/c1-31-18-9-6-10-19(32-2)20(18)23(28)21-22(15-7-4-3-5-8-15)27(25(30)24(21)29)17-13-11-16(26)12-14-17/h3-14,22,28H,1-2H3/b23-21+. The quantitative estimate of drug-likeness (QED) is 0.337. The van der Waals surface area contributed by atoms with E-state index in [0.29, 0.717) is 27.8 Å². The first-order valence-corrected chi connectivity index (χ1v) is 10.2. The molecule has 0 aliphatic carbocycles. The van der Waals surface area contributed by atoms with E-state index in [-0.39, 0.29) is 16.9 Å². The second kappa shape index (κ2) is 8.77. The van der Waals surface area contributed by atoms with E-state index in [0.717, 1.165) is 0 Å². The van der Waals surface area contributed by atoms with Crippen LogP contribution in [0.5, 0.6) is 11.5 Å². The molecule has 1 heterocycles. The lowest BCUT2D eigenvalue weighted by atomic mass is 9.94. The first-order valence-electron chi connectivity index (χ1n) is 9.80. The molecule has 1 N–H and O–H groups in total. The molecule has 1 aliphatic heterocycles. The van der Waals surface area contributed by atoms with E-state index in [4.69, 9.17) is 21.1 Å². The average Bonchev–Trinajstić information content (AvgIpc) is 3.09. The molecule has 6 nitrogen and oxygen atoms in total. The van der Waals surface area contributed by atoms with Gasteiger partial charge in [-0.25, -0.2) is 0 Å². The van der Waals surface area contributed by atoms with Crippen LogP contribution in [-0.4, -0.2) is 31.0 Å². The second-order valence-electron chi connectivity index (χ2n) is 7.09. The molecule has 0 aromatic heterocycles. The third kappa shape index (κ3) is 3.59. The van der Waals surface area contributed by atoms with Gasteiger partial charge in [0, 0.05) is 10.7 Å². The Balaban J connectivity index is 2.00. The van der Waals surface area contributed by atoms with Crippen LogP contribution >= 0.6 is 11.6 Å². The summed E-state index contributed by atoms with van der Waals surface area (Å²) in [5.41, 5.74) is 1.29. The zero-order valence-corrected chi connectivity index (χ0v) is 18.2. The van der Waals surface area contributed by atoms with E-state index in [1.165, 1.54) is 19.1 Å². The summed E-state index contributed by atoms with van der Waals surface area (Å²) in [4.78, 5) is 27.8. The summed E-state index contributed by atoms with van der Waals surface area (Å²) < 4.78 is 10.8. The van der Waals surface area contributed by atoms with E-state index >= 15 is 0 Å². The number of Topliss-reactive ketones (excluding diaryl/α,β-unsaturated/α-hetero) is 1. The number of hydrogen-bond donors (Lipinski definition) is 1. The molecule has 1 amide bonds. The molecule has 32 heavy (non-hydrogen) atoms. The highest BCUT2D eigenvalue weighted by Gasteiger charge is 2.47. The minimum atomic E-state index is -0.855. The number of carbonyl (C=O) groups is 2. The third-order valence-electron chi connectivity index (χ3n) is 5.33. The van der Waals surface area contributed by atoms with Crippen molar-refractivity contribution in [2.45, 2.75) is 6.04 Å². The van der Waals surface area contributed by atoms with Crippen molar-refractivity contribution in [1.29, 1.82) is 0 Å². The Morgan fingerprint density at radius 2 is 1.47 bits per heavy atom. The maximum Gasteiger partial charge on any atom is 0.300 e. The number of ether oxygens (including phenoxy) is 2. The Morgan fingerprint density at radius 3 is 2.03 bits per heavy atom. The molecular weight excluding hydrogens is 430 g/mol. The van der Waals surface area contributed by atoms with Crippen LogP contribution < -0.4 is 14.4 Å². The topological polar surface area (TPSA) is 76.1 Å². The highest BCUT2D eigenvalue weighted by atomic mass is 35.5. The lowest BCUT2D eigenvalue weighted by Gasteiger charge is -2.25. The van der Waals surface area contributed by atoms with Gasteiger partial charge in [-0.15, -0.1) is 0 Å². The number of carbonyl (C=O) groups excluding carboxylic acids is 2. The van der Waals surface area contributed by atoms with Crippen molar-refractivity contribution in [1.82, 2.24) is 0 Å². The zero-order valence-electron chi connectivity index (χ0n) is 17.4. The van der Waals surface area contributed by atoms with Gasteiger partial charge in [0.15, 0.2) is 0 Å². The molecule has 1 fully saturated rings. The molecule has 1 unspecified atom stereocenters.